The van der Waals surface area contributed by atoms with Gasteiger partial charge >= 0.3 is 6.09 Å². The predicted molar refractivity (Wildman–Crippen MR) is 127 cm³/mol. The molecule has 0 spiro atoms. The van der Waals surface area contributed by atoms with Crippen LogP contribution in [0.3, 0.4) is 0 Å². The highest BCUT2D eigenvalue weighted by atomic mass is 35.5. The summed E-state index contributed by atoms with van der Waals surface area (Å²) in [6.45, 7) is 2.83. The molecule has 1 saturated heterocycles. The molecular weight excluding hydrogens is 428 g/mol. The normalized spacial score (nSPS) is 16.3. The zero-order valence-electron chi connectivity index (χ0n) is 18.2. The zero-order chi connectivity index (χ0) is 23.0. The van der Waals surface area contributed by atoms with Gasteiger partial charge in [0, 0.05) is 62.0 Å². The van der Waals surface area contributed by atoms with Crippen LogP contribution in [-0.4, -0.2) is 71.7 Å². The van der Waals surface area contributed by atoms with E-state index in [-0.39, 0.29) is 11.9 Å². The molecule has 1 aliphatic rings. The van der Waals surface area contributed by atoms with Crippen molar-refractivity contribution in [1.29, 1.82) is 0 Å². The molecule has 0 aliphatic carbocycles. The molecule has 7 nitrogen and oxygen atoms in total. The third-order valence-electron chi connectivity index (χ3n) is 5.85. The molecule has 1 fully saturated rings. The number of rotatable bonds is 3. The van der Waals surface area contributed by atoms with Crippen molar-refractivity contribution >= 4 is 40.2 Å². The first-order valence-electron chi connectivity index (χ1n) is 10.4. The van der Waals surface area contributed by atoms with Gasteiger partial charge < -0.3 is 19.8 Å². The Hall–Kier alpha value is -3.32. The first-order valence-corrected chi connectivity index (χ1v) is 10.8. The molecule has 0 unspecified atom stereocenters. The summed E-state index contributed by atoms with van der Waals surface area (Å²) in [4.78, 5) is 34.2. The number of aromatic nitrogens is 1. The van der Waals surface area contributed by atoms with E-state index in [2.05, 4.69) is 0 Å². The molecule has 1 N–H and O–H groups in total. The van der Waals surface area contributed by atoms with Gasteiger partial charge in [-0.2, -0.15) is 0 Å². The second-order valence-electron chi connectivity index (χ2n) is 8.24. The molecule has 4 rings (SSSR count). The third-order valence-corrected chi connectivity index (χ3v) is 6.16. The van der Waals surface area contributed by atoms with Gasteiger partial charge in [-0.1, -0.05) is 29.8 Å². The Morgan fingerprint density at radius 3 is 2.44 bits per heavy atom. The fourth-order valence-corrected chi connectivity index (χ4v) is 4.27. The van der Waals surface area contributed by atoms with Gasteiger partial charge in [0.2, 0.25) is 0 Å². The van der Waals surface area contributed by atoms with Gasteiger partial charge in [-0.3, -0.25) is 4.79 Å². The summed E-state index contributed by atoms with van der Waals surface area (Å²) >= 11 is 6.53. The maximum atomic E-state index is 13.1. The van der Waals surface area contributed by atoms with Gasteiger partial charge in [0.1, 0.15) is 0 Å². The van der Waals surface area contributed by atoms with Crippen molar-refractivity contribution in [2.24, 2.45) is 0 Å². The van der Waals surface area contributed by atoms with Crippen LogP contribution in [0.25, 0.3) is 22.2 Å². The van der Waals surface area contributed by atoms with Crippen molar-refractivity contribution in [3.63, 3.8) is 0 Å². The van der Waals surface area contributed by atoms with E-state index in [0.717, 1.165) is 22.3 Å². The predicted octanol–water partition coefficient (Wildman–Crippen LogP) is 4.45. The highest BCUT2D eigenvalue weighted by molar-refractivity contribution is 6.35. The van der Waals surface area contributed by atoms with Crippen LogP contribution >= 0.6 is 11.6 Å². The van der Waals surface area contributed by atoms with Gasteiger partial charge in [0.25, 0.3) is 5.91 Å². The summed E-state index contributed by atoms with van der Waals surface area (Å²) in [7, 11) is 3.97. The summed E-state index contributed by atoms with van der Waals surface area (Å²) in [6, 6.07) is 14.9. The minimum Gasteiger partial charge on any atom is -0.465 e. The number of carboxylic acid groups (broad SMARTS) is 1. The summed E-state index contributed by atoms with van der Waals surface area (Å²) in [5, 5.41) is 10.6. The van der Waals surface area contributed by atoms with Gasteiger partial charge in [-0.15, -0.1) is 0 Å². The van der Waals surface area contributed by atoms with Gasteiger partial charge in [0.15, 0.2) is 0 Å². The lowest BCUT2D eigenvalue weighted by molar-refractivity contribution is 0.0507. The number of amides is 2. The molecule has 1 atom stereocenters. The first kappa shape index (κ1) is 21.9. The summed E-state index contributed by atoms with van der Waals surface area (Å²) < 4.78 is 0. The Bertz CT molecular complexity index is 1180. The molecule has 0 bridgehead atoms. The molecule has 32 heavy (non-hydrogen) atoms. The lowest BCUT2D eigenvalue weighted by Gasteiger charge is -2.38. The molecule has 2 amide bonds. The number of halogens is 1. The molecule has 2 heterocycles. The quantitative estimate of drug-likeness (QED) is 0.635. The standard InChI is InChI=1S/C24H25ClN4O3/c1-15-14-28(10-11-29(15)24(31)32)23(30)17-6-9-19-20(25)13-21(26-22(19)12-17)16-4-7-18(8-5-16)27(2)3/h4-9,12-13,15H,10-11,14H2,1-3H3,(H,31,32)/t15-/m1/s1. The van der Waals surface area contributed by atoms with Crippen LogP contribution in [0, 0.1) is 0 Å². The number of piperazine rings is 1. The Morgan fingerprint density at radius 1 is 1.09 bits per heavy atom. The molecule has 8 heteroatoms. The number of pyridine rings is 1. The monoisotopic (exact) mass is 452 g/mol. The highest BCUT2D eigenvalue weighted by Crippen LogP contribution is 2.30. The zero-order valence-corrected chi connectivity index (χ0v) is 19.0. The first-order chi connectivity index (χ1) is 15.2. The number of fused-ring (bicyclic) bond motifs is 1. The average Bonchev–Trinajstić information content (AvgIpc) is 2.77. The molecule has 1 aromatic heterocycles. The number of benzene rings is 2. The number of hydrogen-bond donors (Lipinski definition) is 1. The van der Waals surface area contributed by atoms with Crippen LogP contribution in [0.2, 0.25) is 5.02 Å². The Morgan fingerprint density at radius 2 is 1.81 bits per heavy atom. The molecule has 3 aromatic rings. The van der Waals surface area contributed by atoms with E-state index in [1.165, 1.54) is 4.90 Å². The minimum absolute atomic E-state index is 0.137. The van der Waals surface area contributed by atoms with Crippen molar-refractivity contribution in [1.82, 2.24) is 14.8 Å². The Kier molecular flexibility index (Phi) is 5.93. The fraction of sp³-hybridized carbons (Fsp3) is 0.292. The second kappa shape index (κ2) is 8.67. The maximum Gasteiger partial charge on any atom is 0.407 e. The lowest BCUT2D eigenvalue weighted by Crippen LogP contribution is -2.55. The largest absolute Gasteiger partial charge is 0.465 e. The molecular formula is C24H25ClN4O3. The van der Waals surface area contributed by atoms with E-state index in [4.69, 9.17) is 16.6 Å². The number of carbonyl (C=O) groups is 2. The Balaban J connectivity index is 1.63. The SMILES string of the molecule is C[C@@H]1CN(C(=O)c2ccc3c(Cl)cc(-c4ccc(N(C)C)cc4)nc3c2)CCN1C(=O)O. The summed E-state index contributed by atoms with van der Waals surface area (Å²) in [5.41, 5.74) is 3.92. The molecule has 2 aromatic carbocycles. The van der Waals surface area contributed by atoms with Gasteiger partial charge in [0.05, 0.1) is 16.2 Å². The Labute approximate surface area is 191 Å². The number of anilines is 1. The molecule has 0 saturated carbocycles. The van der Waals surface area contributed by atoms with Crippen LogP contribution in [0.15, 0.2) is 48.5 Å². The summed E-state index contributed by atoms with van der Waals surface area (Å²) in [5.74, 6) is -0.137. The van der Waals surface area contributed by atoms with Crippen LogP contribution in [-0.2, 0) is 0 Å². The molecule has 1 aliphatic heterocycles. The van der Waals surface area contributed by atoms with Crippen molar-refractivity contribution in [3.8, 4) is 11.3 Å². The molecule has 0 radical (unpaired) electrons. The van der Waals surface area contributed by atoms with E-state index in [9.17, 15) is 14.7 Å². The van der Waals surface area contributed by atoms with Crippen molar-refractivity contribution in [2.45, 2.75) is 13.0 Å². The van der Waals surface area contributed by atoms with Gasteiger partial charge in [-0.25, -0.2) is 9.78 Å². The van der Waals surface area contributed by atoms with Crippen LogP contribution in [0.5, 0.6) is 0 Å². The van der Waals surface area contributed by atoms with Crippen LogP contribution in [0.4, 0.5) is 10.5 Å². The smallest absolute Gasteiger partial charge is 0.407 e. The van der Waals surface area contributed by atoms with Crippen LogP contribution < -0.4 is 4.90 Å². The van der Waals surface area contributed by atoms with Gasteiger partial charge in [-0.05, 0) is 37.3 Å². The minimum atomic E-state index is -0.958. The topological polar surface area (TPSA) is 77.0 Å². The second-order valence-corrected chi connectivity index (χ2v) is 8.65. The number of hydrogen-bond acceptors (Lipinski definition) is 4. The average molecular weight is 453 g/mol. The highest BCUT2D eigenvalue weighted by Gasteiger charge is 2.30. The molecule has 166 valence electrons. The van der Waals surface area contributed by atoms with E-state index >= 15 is 0 Å². The van der Waals surface area contributed by atoms with E-state index < -0.39 is 6.09 Å². The van der Waals surface area contributed by atoms with Crippen molar-refractivity contribution in [3.05, 3.63) is 59.1 Å². The summed E-state index contributed by atoms with van der Waals surface area (Å²) in [6.07, 6.45) is -0.958. The van der Waals surface area contributed by atoms with E-state index in [1.54, 1.807) is 17.0 Å². The van der Waals surface area contributed by atoms with E-state index in [0.29, 0.717) is 35.7 Å². The fourth-order valence-electron chi connectivity index (χ4n) is 4.01. The van der Waals surface area contributed by atoms with Crippen molar-refractivity contribution < 1.29 is 14.7 Å². The van der Waals surface area contributed by atoms with Crippen LogP contribution in [0.1, 0.15) is 17.3 Å². The number of carbonyl (C=O) groups excluding carboxylic acids is 1. The maximum absolute atomic E-state index is 13.1. The van der Waals surface area contributed by atoms with E-state index in [1.807, 2.05) is 62.3 Å². The lowest BCUT2D eigenvalue weighted by atomic mass is 10.1. The third kappa shape index (κ3) is 4.21. The van der Waals surface area contributed by atoms with Crippen molar-refractivity contribution in [2.75, 3.05) is 38.6 Å². The number of nitrogens with zero attached hydrogens (tertiary/aromatic N) is 4.